The summed E-state index contributed by atoms with van der Waals surface area (Å²) in [4.78, 5) is 4.17. The van der Waals surface area contributed by atoms with Crippen molar-refractivity contribution in [3.05, 3.63) is 96.4 Å². The van der Waals surface area contributed by atoms with Crippen LogP contribution >= 0.6 is 0 Å². The van der Waals surface area contributed by atoms with E-state index in [2.05, 4.69) is 72.6 Å². The van der Waals surface area contributed by atoms with Gasteiger partial charge in [-0.15, -0.1) is 0 Å². The number of rotatable bonds is 5. The molecule has 3 heteroatoms. The molecule has 0 aliphatic heterocycles. The van der Waals surface area contributed by atoms with E-state index in [0.717, 1.165) is 29.8 Å². The minimum atomic E-state index is 0.729. The SMILES string of the molecule is CCc1ccc(-c2ccn(Cc3cccnc3)n2)cc1-c1ccccc1. The summed E-state index contributed by atoms with van der Waals surface area (Å²) in [7, 11) is 0. The standard InChI is InChI=1S/C23H21N3/c1-2-19-10-11-21(15-22(19)20-8-4-3-5-9-20)23-12-14-26(25-23)17-18-7-6-13-24-16-18/h3-16H,2,17H2,1H3. The van der Waals surface area contributed by atoms with Gasteiger partial charge in [0.2, 0.25) is 0 Å². The van der Waals surface area contributed by atoms with Gasteiger partial charge in [0.1, 0.15) is 0 Å². The molecule has 0 radical (unpaired) electrons. The lowest BCUT2D eigenvalue weighted by Crippen LogP contribution is -2.00. The maximum Gasteiger partial charge on any atom is 0.0923 e. The summed E-state index contributed by atoms with van der Waals surface area (Å²) in [5.74, 6) is 0. The molecule has 0 N–H and O–H groups in total. The molecule has 0 saturated heterocycles. The molecule has 128 valence electrons. The van der Waals surface area contributed by atoms with Crippen LogP contribution in [0, 0.1) is 0 Å². The van der Waals surface area contributed by atoms with Crippen molar-refractivity contribution >= 4 is 0 Å². The first-order valence-corrected chi connectivity index (χ1v) is 8.94. The van der Waals surface area contributed by atoms with Gasteiger partial charge < -0.3 is 0 Å². The molecule has 0 saturated carbocycles. The molecule has 3 nitrogen and oxygen atoms in total. The van der Waals surface area contributed by atoms with E-state index in [1.807, 2.05) is 23.1 Å². The zero-order valence-corrected chi connectivity index (χ0v) is 14.8. The summed E-state index contributed by atoms with van der Waals surface area (Å²) in [6, 6.07) is 23.3. The molecule has 0 unspecified atom stereocenters. The average Bonchev–Trinajstić information content (AvgIpc) is 3.17. The second-order valence-corrected chi connectivity index (χ2v) is 6.35. The normalized spacial score (nSPS) is 10.8. The summed E-state index contributed by atoms with van der Waals surface area (Å²) in [5.41, 5.74) is 7.18. The topological polar surface area (TPSA) is 30.7 Å². The Morgan fingerprint density at radius 1 is 0.885 bits per heavy atom. The van der Waals surface area contributed by atoms with Gasteiger partial charge in [-0.25, -0.2) is 0 Å². The molecule has 2 aromatic heterocycles. The van der Waals surface area contributed by atoms with E-state index >= 15 is 0 Å². The maximum absolute atomic E-state index is 4.75. The number of aromatic nitrogens is 3. The van der Waals surface area contributed by atoms with Crippen LogP contribution in [0.2, 0.25) is 0 Å². The quantitative estimate of drug-likeness (QED) is 0.499. The molecule has 0 aliphatic carbocycles. The van der Waals surface area contributed by atoms with Crippen LogP contribution in [0.3, 0.4) is 0 Å². The van der Waals surface area contributed by atoms with E-state index in [1.165, 1.54) is 16.7 Å². The molecule has 0 fully saturated rings. The fourth-order valence-corrected chi connectivity index (χ4v) is 3.21. The van der Waals surface area contributed by atoms with Crippen LogP contribution in [-0.4, -0.2) is 14.8 Å². The third-order valence-electron chi connectivity index (χ3n) is 4.58. The van der Waals surface area contributed by atoms with Crippen molar-refractivity contribution < 1.29 is 0 Å². The molecular formula is C23H21N3. The lowest BCUT2D eigenvalue weighted by molar-refractivity contribution is 0.687. The third kappa shape index (κ3) is 3.42. The number of hydrogen-bond donors (Lipinski definition) is 0. The van der Waals surface area contributed by atoms with Crippen LogP contribution in [0.1, 0.15) is 18.1 Å². The van der Waals surface area contributed by atoms with Crippen molar-refractivity contribution in [2.24, 2.45) is 0 Å². The zero-order valence-electron chi connectivity index (χ0n) is 14.8. The number of pyridine rings is 1. The van der Waals surface area contributed by atoms with Gasteiger partial charge in [-0.1, -0.05) is 55.5 Å². The molecule has 0 amide bonds. The predicted molar refractivity (Wildman–Crippen MR) is 106 cm³/mol. The molecular weight excluding hydrogens is 318 g/mol. The van der Waals surface area contributed by atoms with Crippen LogP contribution in [0.5, 0.6) is 0 Å². The van der Waals surface area contributed by atoms with Crippen LogP contribution < -0.4 is 0 Å². The third-order valence-corrected chi connectivity index (χ3v) is 4.58. The lowest BCUT2D eigenvalue weighted by Gasteiger charge is -2.10. The molecule has 4 rings (SSSR count). The molecule has 0 spiro atoms. The van der Waals surface area contributed by atoms with Gasteiger partial charge in [-0.3, -0.25) is 9.67 Å². The van der Waals surface area contributed by atoms with Gasteiger partial charge in [0.25, 0.3) is 0 Å². The van der Waals surface area contributed by atoms with Crippen molar-refractivity contribution in [1.82, 2.24) is 14.8 Å². The van der Waals surface area contributed by atoms with Gasteiger partial charge in [0.15, 0.2) is 0 Å². The molecule has 26 heavy (non-hydrogen) atoms. The highest BCUT2D eigenvalue weighted by atomic mass is 15.3. The highest BCUT2D eigenvalue weighted by molar-refractivity contribution is 5.74. The van der Waals surface area contributed by atoms with Crippen molar-refractivity contribution in [1.29, 1.82) is 0 Å². The van der Waals surface area contributed by atoms with Gasteiger partial charge >= 0.3 is 0 Å². The molecule has 0 atom stereocenters. The Kier molecular flexibility index (Phi) is 4.61. The summed E-state index contributed by atoms with van der Waals surface area (Å²) in [5, 5.41) is 4.75. The van der Waals surface area contributed by atoms with Crippen LogP contribution in [-0.2, 0) is 13.0 Å². The molecule has 0 aliphatic rings. The van der Waals surface area contributed by atoms with E-state index in [-0.39, 0.29) is 0 Å². The monoisotopic (exact) mass is 339 g/mol. The summed E-state index contributed by atoms with van der Waals surface area (Å²) < 4.78 is 1.96. The highest BCUT2D eigenvalue weighted by Crippen LogP contribution is 2.29. The number of nitrogens with zero attached hydrogens (tertiary/aromatic N) is 3. The largest absolute Gasteiger partial charge is 0.268 e. The second-order valence-electron chi connectivity index (χ2n) is 6.35. The maximum atomic E-state index is 4.75. The number of aryl methyl sites for hydroxylation is 1. The Morgan fingerprint density at radius 3 is 2.54 bits per heavy atom. The lowest BCUT2D eigenvalue weighted by atomic mass is 9.95. The number of benzene rings is 2. The Balaban J connectivity index is 1.66. The molecule has 0 bridgehead atoms. The van der Waals surface area contributed by atoms with Crippen LogP contribution in [0.15, 0.2) is 85.3 Å². The zero-order chi connectivity index (χ0) is 17.8. The van der Waals surface area contributed by atoms with Gasteiger partial charge in [-0.05, 0) is 46.9 Å². The summed E-state index contributed by atoms with van der Waals surface area (Å²) >= 11 is 0. The Morgan fingerprint density at radius 2 is 1.77 bits per heavy atom. The van der Waals surface area contributed by atoms with Crippen molar-refractivity contribution in [2.75, 3.05) is 0 Å². The van der Waals surface area contributed by atoms with Crippen LogP contribution in [0.4, 0.5) is 0 Å². The fraction of sp³-hybridized carbons (Fsp3) is 0.130. The first-order valence-electron chi connectivity index (χ1n) is 8.94. The van der Waals surface area contributed by atoms with E-state index in [1.54, 1.807) is 6.20 Å². The minimum absolute atomic E-state index is 0.729. The molecule has 2 heterocycles. The Labute approximate surface area is 154 Å². The van der Waals surface area contributed by atoms with Gasteiger partial charge in [0.05, 0.1) is 12.2 Å². The van der Waals surface area contributed by atoms with E-state index in [4.69, 9.17) is 5.10 Å². The summed E-state index contributed by atoms with van der Waals surface area (Å²) in [6.07, 6.45) is 6.71. The van der Waals surface area contributed by atoms with Crippen molar-refractivity contribution in [2.45, 2.75) is 19.9 Å². The van der Waals surface area contributed by atoms with E-state index < -0.39 is 0 Å². The first kappa shape index (κ1) is 16.3. The average molecular weight is 339 g/mol. The smallest absolute Gasteiger partial charge is 0.0923 e. The molecule has 2 aromatic carbocycles. The number of hydrogen-bond acceptors (Lipinski definition) is 2. The fourth-order valence-electron chi connectivity index (χ4n) is 3.21. The second kappa shape index (κ2) is 7.36. The van der Waals surface area contributed by atoms with E-state index in [0.29, 0.717) is 0 Å². The van der Waals surface area contributed by atoms with Crippen LogP contribution in [0.25, 0.3) is 22.4 Å². The van der Waals surface area contributed by atoms with Gasteiger partial charge in [0, 0.05) is 24.2 Å². The van der Waals surface area contributed by atoms with Crippen molar-refractivity contribution in [3.63, 3.8) is 0 Å². The first-order chi connectivity index (χ1) is 12.8. The van der Waals surface area contributed by atoms with Gasteiger partial charge in [-0.2, -0.15) is 5.10 Å². The summed E-state index contributed by atoms with van der Waals surface area (Å²) in [6.45, 7) is 2.93. The Hall–Kier alpha value is -3.20. The molecule has 4 aromatic rings. The highest BCUT2D eigenvalue weighted by Gasteiger charge is 2.09. The minimum Gasteiger partial charge on any atom is -0.268 e. The Bertz CT molecular complexity index is 988. The predicted octanol–water partition coefficient (Wildman–Crippen LogP) is 5.22. The van der Waals surface area contributed by atoms with E-state index in [9.17, 15) is 0 Å². The van der Waals surface area contributed by atoms with Crippen molar-refractivity contribution in [3.8, 4) is 22.4 Å².